The highest BCUT2D eigenvalue weighted by molar-refractivity contribution is 7.89. The largest absolute Gasteiger partial charge is 0.432 e. The van der Waals surface area contributed by atoms with Gasteiger partial charge in [0.05, 0.1) is 22.6 Å². The van der Waals surface area contributed by atoms with E-state index in [2.05, 4.69) is 9.72 Å². The molecule has 38 heavy (non-hydrogen) atoms. The van der Waals surface area contributed by atoms with Crippen LogP contribution in [-0.4, -0.2) is 47.7 Å². The lowest BCUT2D eigenvalue weighted by Gasteiger charge is -2.30. The van der Waals surface area contributed by atoms with Crippen LogP contribution in [0.15, 0.2) is 35.4 Å². The van der Waals surface area contributed by atoms with E-state index in [0.717, 1.165) is 30.7 Å². The van der Waals surface area contributed by atoms with Gasteiger partial charge >= 0.3 is 19.3 Å². The number of hydrogen-bond donors (Lipinski definition) is 1. The number of halogens is 8. The average molecular weight is 572 g/mol. The Kier molecular flexibility index (Phi) is 7.24. The van der Waals surface area contributed by atoms with E-state index in [-0.39, 0.29) is 40.9 Å². The van der Waals surface area contributed by atoms with Gasteiger partial charge in [0.2, 0.25) is 10.0 Å². The van der Waals surface area contributed by atoms with Crippen LogP contribution < -0.4 is 10.5 Å². The topological polar surface area (TPSA) is 90.5 Å². The molecule has 1 fully saturated rings. The van der Waals surface area contributed by atoms with Crippen molar-refractivity contribution < 1.29 is 48.3 Å². The Hall–Kier alpha value is -3.14. The standard InChI is InChI=1S/C22H20F8N4O3S/c1-10(22(28,29)30)34(20(24)25)38(35,36)12-5-6-15(32-9-12)19-18(31)13-7-14(23)17(37-21(26)27)8-16(13)33(19)11-3-2-4-11/h5-11,20-21H,2-4,31H2,1H3/t10-/m0/s1. The van der Waals surface area contributed by atoms with Crippen molar-refractivity contribution in [3.05, 3.63) is 36.3 Å². The fraction of sp³-hybridized carbons (Fsp3) is 0.409. The minimum Gasteiger partial charge on any atom is -0.432 e. The number of rotatable bonds is 8. The number of aromatic nitrogens is 2. The van der Waals surface area contributed by atoms with Crippen molar-refractivity contribution in [3.8, 4) is 17.1 Å². The second-order valence-corrected chi connectivity index (χ2v) is 10.4. The molecular weight excluding hydrogens is 552 g/mol. The summed E-state index contributed by atoms with van der Waals surface area (Å²) >= 11 is 0. The van der Waals surface area contributed by atoms with Crippen molar-refractivity contribution in [2.24, 2.45) is 0 Å². The van der Waals surface area contributed by atoms with Crippen molar-refractivity contribution in [1.82, 2.24) is 13.9 Å². The van der Waals surface area contributed by atoms with Gasteiger partial charge in [-0.1, -0.05) is 0 Å². The molecule has 0 amide bonds. The second kappa shape index (κ2) is 9.87. The Morgan fingerprint density at radius 3 is 2.29 bits per heavy atom. The quantitative estimate of drug-likeness (QED) is 0.268. The van der Waals surface area contributed by atoms with Gasteiger partial charge in [0.25, 0.3) is 0 Å². The molecule has 1 aliphatic carbocycles. The average Bonchev–Trinajstić information content (AvgIpc) is 3.03. The van der Waals surface area contributed by atoms with Gasteiger partial charge in [-0.05, 0) is 44.4 Å². The van der Waals surface area contributed by atoms with Crippen LogP contribution in [0.3, 0.4) is 0 Å². The van der Waals surface area contributed by atoms with Crippen molar-refractivity contribution in [2.45, 2.75) is 62.5 Å². The van der Waals surface area contributed by atoms with Crippen LogP contribution in [0.5, 0.6) is 5.75 Å². The third kappa shape index (κ3) is 4.86. The molecule has 208 valence electrons. The van der Waals surface area contributed by atoms with Crippen LogP contribution in [0.1, 0.15) is 32.2 Å². The SMILES string of the molecule is C[C@H](N(C(F)F)S(=O)(=O)c1ccc(-c2c(N)c3cc(F)c(OC(F)F)cc3n2C2CCC2)nc1)C(F)(F)F. The van der Waals surface area contributed by atoms with Crippen molar-refractivity contribution in [1.29, 1.82) is 0 Å². The van der Waals surface area contributed by atoms with E-state index in [1.807, 2.05) is 0 Å². The summed E-state index contributed by atoms with van der Waals surface area (Å²) in [6.45, 7) is -7.00. The van der Waals surface area contributed by atoms with Gasteiger partial charge in [-0.2, -0.15) is 30.7 Å². The highest BCUT2D eigenvalue weighted by Gasteiger charge is 2.49. The molecule has 0 spiro atoms. The molecular formula is C22H20F8N4O3S. The summed E-state index contributed by atoms with van der Waals surface area (Å²) in [5.74, 6) is -1.83. The first-order valence-corrected chi connectivity index (χ1v) is 12.5. The normalized spacial score (nSPS) is 16.0. The first-order chi connectivity index (χ1) is 17.6. The number of nitrogen functional groups attached to an aromatic ring is 1. The predicted molar refractivity (Wildman–Crippen MR) is 120 cm³/mol. The van der Waals surface area contributed by atoms with E-state index < -0.39 is 56.2 Å². The summed E-state index contributed by atoms with van der Waals surface area (Å²) in [6, 6.07) is 0.572. The highest BCUT2D eigenvalue weighted by atomic mass is 32.2. The second-order valence-electron chi connectivity index (χ2n) is 8.60. The van der Waals surface area contributed by atoms with Gasteiger partial charge in [-0.15, -0.1) is 4.31 Å². The molecule has 2 heterocycles. The minimum atomic E-state index is -5.33. The van der Waals surface area contributed by atoms with E-state index in [9.17, 15) is 43.5 Å². The number of hydrogen-bond acceptors (Lipinski definition) is 5. The van der Waals surface area contributed by atoms with E-state index in [1.165, 1.54) is 0 Å². The number of nitrogens with two attached hydrogens (primary N) is 1. The molecule has 1 aromatic carbocycles. The van der Waals surface area contributed by atoms with Crippen LogP contribution in [0.4, 0.5) is 40.8 Å². The van der Waals surface area contributed by atoms with Crippen LogP contribution in [0, 0.1) is 5.82 Å². The zero-order chi connectivity index (χ0) is 28.2. The molecule has 0 saturated heterocycles. The molecule has 1 atom stereocenters. The Balaban J connectivity index is 1.82. The smallest absolute Gasteiger partial charge is 0.405 e. The van der Waals surface area contributed by atoms with E-state index in [4.69, 9.17) is 5.73 Å². The monoisotopic (exact) mass is 572 g/mol. The van der Waals surface area contributed by atoms with Gasteiger partial charge < -0.3 is 15.0 Å². The van der Waals surface area contributed by atoms with Crippen molar-refractivity contribution in [3.63, 3.8) is 0 Å². The number of fused-ring (bicyclic) bond motifs is 1. The Morgan fingerprint density at radius 2 is 1.82 bits per heavy atom. The van der Waals surface area contributed by atoms with Crippen LogP contribution >= 0.6 is 0 Å². The first-order valence-electron chi connectivity index (χ1n) is 11.1. The molecule has 4 rings (SSSR count). The number of ether oxygens (including phenoxy) is 1. The lowest BCUT2D eigenvalue weighted by atomic mass is 9.92. The first kappa shape index (κ1) is 27.9. The molecule has 7 nitrogen and oxygen atoms in total. The Bertz CT molecular complexity index is 1440. The molecule has 0 bridgehead atoms. The summed E-state index contributed by atoms with van der Waals surface area (Å²) in [5, 5.41) is 0.132. The van der Waals surface area contributed by atoms with E-state index in [1.54, 1.807) is 4.57 Å². The summed E-state index contributed by atoms with van der Waals surface area (Å²) in [7, 11) is -5.33. The predicted octanol–water partition coefficient (Wildman–Crippen LogP) is 5.92. The van der Waals surface area contributed by atoms with Crippen LogP contribution in [0.2, 0.25) is 0 Å². The van der Waals surface area contributed by atoms with Gasteiger partial charge in [-0.3, -0.25) is 4.98 Å². The third-order valence-corrected chi connectivity index (χ3v) is 8.22. The number of anilines is 1. The lowest BCUT2D eigenvalue weighted by molar-refractivity contribution is -0.186. The van der Waals surface area contributed by atoms with E-state index >= 15 is 0 Å². The van der Waals surface area contributed by atoms with Crippen molar-refractivity contribution >= 4 is 26.6 Å². The number of alkyl halides is 7. The third-order valence-electron chi connectivity index (χ3n) is 6.35. The molecule has 0 radical (unpaired) electrons. The maximum atomic E-state index is 14.4. The molecule has 16 heteroatoms. The number of benzene rings is 1. The maximum absolute atomic E-state index is 14.4. The summed E-state index contributed by atoms with van der Waals surface area (Å²) in [6.07, 6.45) is -2.56. The van der Waals surface area contributed by atoms with Gasteiger partial charge in [0.1, 0.15) is 10.9 Å². The molecule has 2 aromatic heterocycles. The molecule has 1 saturated carbocycles. The Morgan fingerprint density at radius 1 is 1.16 bits per heavy atom. The number of nitrogens with zero attached hydrogens (tertiary/aromatic N) is 3. The summed E-state index contributed by atoms with van der Waals surface area (Å²) in [5.41, 5.74) is 6.61. The molecule has 1 aliphatic rings. The molecule has 0 unspecified atom stereocenters. The summed E-state index contributed by atoms with van der Waals surface area (Å²) < 4.78 is 136. The Labute approximate surface area is 210 Å². The van der Waals surface area contributed by atoms with E-state index in [0.29, 0.717) is 19.0 Å². The molecule has 0 aliphatic heterocycles. The van der Waals surface area contributed by atoms with Gasteiger partial charge in [0, 0.05) is 23.7 Å². The zero-order valence-electron chi connectivity index (χ0n) is 19.4. The van der Waals surface area contributed by atoms with Gasteiger partial charge in [-0.25, -0.2) is 12.8 Å². The maximum Gasteiger partial charge on any atom is 0.405 e. The highest BCUT2D eigenvalue weighted by Crippen LogP contribution is 2.45. The van der Waals surface area contributed by atoms with Gasteiger partial charge in [0.15, 0.2) is 11.6 Å². The number of pyridine rings is 1. The lowest BCUT2D eigenvalue weighted by Crippen LogP contribution is -2.49. The zero-order valence-corrected chi connectivity index (χ0v) is 20.2. The number of sulfonamides is 1. The minimum absolute atomic E-state index is 0.00578. The fourth-order valence-corrected chi connectivity index (χ4v) is 5.64. The van der Waals surface area contributed by atoms with Crippen LogP contribution in [0.25, 0.3) is 22.3 Å². The molecule has 2 N–H and O–H groups in total. The van der Waals surface area contributed by atoms with Crippen LogP contribution in [-0.2, 0) is 10.0 Å². The fourth-order valence-electron chi connectivity index (χ4n) is 4.23. The van der Waals surface area contributed by atoms with Crippen molar-refractivity contribution in [2.75, 3.05) is 5.73 Å². The molecule has 3 aromatic rings. The summed E-state index contributed by atoms with van der Waals surface area (Å²) in [4.78, 5) is 3.02.